The highest BCUT2D eigenvalue weighted by molar-refractivity contribution is 8.03. The lowest BCUT2D eigenvalue weighted by Crippen LogP contribution is -1.94. The van der Waals surface area contributed by atoms with Crippen molar-refractivity contribution in [2.75, 3.05) is 0 Å². The Morgan fingerprint density at radius 3 is 1.55 bits per heavy atom. The molecule has 2 nitrogen and oxygen atoms in total. The highest BCUT2D eigenvalue weighted by Gasteiger charge is 2.16. The van der Waals surface area contributed by atoms with Gasteiger partial charge in [0.1, 0.15) is 0 Å². The molecule has 3 heteroatoms. The van der Waals surface area contributed by atoms with Crippen LogP contribution in [0.25, 0.3) is 77.2 Å². The highest BCUT2D eigenvalue weighted by atomic mass is 32.2. The van der Waals surface area contributed by atoms with E-state index in [0.717, 1.165) is 10.6 Å². The SMILES string of the molecule is Cc1cc(-c2ccc(-n3c4ccccc4c4cc(-c5ccc6c(c5)c5ccccc5n6-c5ccccc5)ccc43)cc2)ccc1SC1=C=CC=C1. The minimum absolute atomic E-state index is 1.15. The Labute approximate surface area is 300 Å². The molecule has 0 atom stereocenters. The Hall–Kier alpha value is -6.25. The van der Waals surface area contributed by atoms with Crippen LogP contribution in [0.4, 0.5) is 0 Å². The number of benzene rings is 7. The Bertz CT molecular complexity index is 2910. The van der Waals surface area contributed by atoms with Crippen molar-refractivity contribution in [1.29, 1.82) is 0 Å². The van der Waals surface area contributed by atoms with Gasteiger partial charge < -0.3 is 9.13 Å². The lowest BCUT2D eigenvalue weighted by Gasteiger charge is -2.11. The van der Waals surface area contributed by atoms with E-state index in [0.29, 0.717) is 0 Å². The summed E-state index contributed by atoms with van der Waals surface area (Å²) >= 11 is 1.77. The summed E-state index contributed by atoms with van der Waals surface area (Å²) in [5.41, 5.74) is 16.6. The van der Waals surface area contributed by atoms with Crippen molar-refractivity contribution >= 4 is 55.4 Å². The van der Waals surface area contributed by atoms with Crippen molar-refractivity contribution in [2.24, 2.45) is 0 Å². The zero-order valence-corrected chi connectivity index (χ0v) is 28.9. The van der Waals surface area contributed by atoms with Gasteiger partial charge in [-0.3, -0.25) is 0 Å². The van der Waals surface area contributed by atoms with Crippen LogP contribution in [0.15, 0.2) is 191 Å². The third kappa shape index (κ3) is 4.98. The number of rotatable bonds is 6. The van der Waals surface area contributed by atoms with Crippen molar-refractivity contribution in [3.8, 4) is 33.6 Å². The van der Waals surface area contributed by atoms with Gasteiger partial charge in [0.25, 0.3) is 0 Å². The molecule has 2 heterocycles. The normalized spacial score (nSPS) is 12.5. The minimum Gasteiger partial charge on any atom is -0.309 e. The second-order valence-electron chi connectivity index (χ2n) is 13.2. The summed E-state index contributed by atoms with van der Waals surface area (Å²) in [4.78, 5) is 2.42. The molecule has 0 radical (unpaired) electrons. The first-order chi connectivity index (χ1) is 25.2. The molecule has 0 saturated carbocycles. The average molecular weight is 669 g/mol. The first-order valence-electron chi connectivity index (χ1n) is 17.3. The molecule has 0 aliphatic heterocycles. The van der Waals surface area contributed by atoms with Crippen molar-refractivity contribution in [2.45, 2.75) is 11.8 Å². The van der Waals surface area contributed by atoms with Gasteiger partial charge in [-0.2, -0.15) is 0 Å². The van der Waals surface area contributed by atoms with Crippen molar-refractivity contribution in [1.82, 2.24) is 9.13 Å². The molecule has 0 bridgehead atoms. The third-order valence-corrected chi connectivity index (χ3v) is 11.3. The predicted molar refractivity (Wildman–Crippen MR) is 217 cm³/mol. The molecule has 2 aromatic heterocycles. The van der Waals surface area contributed by atoms with Crippen molar-refractivity contribution in [3.63, 3.8) is 0 Å². The van der Waals surface area contributed by atoms with E-state index < -0.39 is 0 Å². The second kappa shape index (κ2) is 12.0. The van der Waals surface area contributed by atoms with Gasteiger partial charge >= 0.3 is 0 Å². The summed E-state index contributed by atoms with van der Waals surface area (Å²) in [5.74, 6) is 0. The highest BCUT2D eigenvalue weighted by Crippen LogP contribution is 2.39. The molecule has 0 fully saturated rings. The molecule has 1 aliphatic carbocycles. The lowest BCUT2D eigenvalue weighted by molar-refractivity contribution is 1.18. The van der Waals surface area contributed by atoms with Gasteiger partial charge in [0.15, 0.2) is 0 Å². The number of aryl methyl sites for hydroxylation is 1. The quantitative estimate of drug-likeness (QED) is 0.160. The molecule has 0 spiro atoms. The fourth-order valence-electron chi connectivity index (χ4n) is 7.68. The van der Waals surface area contributed by atoms with Gasteiger partial charge in [-0.05, 0) is 114 Å². The van der Waals surface area contributed by atoms with Crippen LogP contribution in [0.3, 0.4) is 0 Å². The number of fused-ring (bicyclic) bond motifs is 6. The maximum Gasteiger partial charge on any atom is 0.0541 e. The van der Waals surface area contributed by atoms with E-state index in [4.69, 9.17) is 0 Å². The molecule has 0 unspecified atom stereocenters. The van der Waals surface area contributed by atoms with Crippen LogP contribution >= 0.6 is 11.8 Å². The largest absolute Gasteiger partial charge is 0.309 e. The number of nitrogens with zero attached hydrogens (tertiary/aromatic N) is 2. The Kier molecular flexibility index (Phi) is 6.95. The summed E-state index contributed by atoms with van der Waals surface area (Å²) in [6.07, 6.45) is 6.12. The van der Waals surface area contributed by atoms with Gasteiger partial charge in [-0.25, -0.2) is 0 Å². The van der Waals surface area contributed by atoms with E-state index in [-0.39, 0.29) is 0 Å². The summed E-state index contributed by atoms with van der Waals surface area (Å²) in [6.45, 7) is 2.19. The van der Waals surface area contributed by atoms with Crippen molar-refractivity contribution in [3.05, 3.63) is 192 Å². The summed E-state index contributed by atoms with van der Waals surface area (Å²) < 4.78 is 4.77. The minimum atomic E-state index is 1.15. The van der Waals surface area contributed by atoms with E-state index in [2.05, 4.69) is 186 Å². The summed E-state index contributed by atoms with van der Waals surface area (Å²) in [6, 6.07) is 57.7. The molecular formula is C48H32N2S. The van der Waals surface area contributed by atoms with Crippen LogP contribution in [-0.2, 0) is 0 Å². The zero-order valence-electron chi connectivity index (χ0n) is 28.0. The molecule has 7 aromatic carbocycles. The van der Waals surface area contributed by atoms with E-state index in [1.54, 1.807) is 11.8 Å². The molecule has 0 amide bonds. The van der Waals surface area contributed by atoms with Crippen LogP contribution in [0, 0.1) is 6.92 Å². The maximum absolute atomic E-state index is 3.29. The maximum atomic E-state index is 3.29. The summed E-state index contributed by atoms with van der Waals surface area (Å²) in [5, 5.41) is 5.04. The topological polar surface area (TPSA) is 9.86 Å². The first kappa shape index (κ1) is 29.6. The smallest absolute Gasteiger partial charge is 0.0541 e. The van der Waals surface area contributed by atoms with Crippen molar-refractivity contribution < 1.29 is 0 Å². The Morgan fingerprint density at radius 1 is 0.451 bits per heavy atom. The number of para-hydroxylation sites is 3. The molecule has 51 heavy (non-hydrogen) atoms. The van der Waals surface area contributed by atoms with E-state index in [9.17, 15) is 0 Å². The third-order valence-electron chi connectivity index (χ3n) is 10.1. The van der Waals surface area contributed by atoms with Crippen LogP contribution < -0.4 is 0 Å². The number of hydrogen-bond donors (Lipinski definition) is 0. The van der Waals surface area contributed by atoms with E-state index in [1.807, 2.05) is 12.2 Å². The van der Waals surface area contributed by atoms with Crippen LogP contribution in [0.5, 0.6) is 0 Å². The van der Waals surface area contributed by atoms with Crippen LogP contribution in [0.2, 0.25) is 0 Å². The fourth-order valence-corrected chi connectivity index (χ4v) is 8.55. The number of aromatic nitrogens is 2. The average Bonchev–Trinajstić information content (AvgIpc) is 3.91. The van der Waals surface area contributed by atoms with Gasteiger partial charge in [-0.1, -0.05) is 109 Å². The zero-order chi connectivity index (χ0) is 33.9. The lowest BCUT2D eigenvalue weighted by atomic mass is 10.0. The molecular weight excluding hydrogens is 637 g/mol. The number of allylic oxidation sites excluding steroid dienone is 2. The van der Waals surface area contributed by atoms with Crippen LogP contribution in [0.1, 0.15) is 5.56 Å². The van der Waals surface area contributed by atoms with E-state index >= 15 is 0 Å². The van der Waals surface area contributed by atoms with Gasteiger partial charge in [0.2, 0.25) is 0 Å². The fraction of sp³-hybridized carbons (Fsp3) is 0.0208. The number of hydrogen-bond acceptors (Lipinski definition) is 1. The van der Waals surface area contributed by atoms with Gasteiger partial charge in [0, 0.05) is 37.8 Å². The Balaban J connectivity index is 1.04. The molecule has 9 aromatic rings. The Morgan fingerprint density at radius 2 is 0.961 bits per heavy atom. The van der Waals surface area contributed by atoms with Gasteiger partial charge in [0.05, 0.1) is 27.0 Å². The molecule has 0 saturated heterocycles. The molecule has 1 aliphatic rings. The predicted octanol–water partition coefficient (Wildman–Crippen LogP) is 13.2. The standard InChI is InChI=1S/C48H32N2S/c1-32-29-34(23-28-48(32)51-39-13-5-6-14-39)33-19-24-38(25-20-33)50-45-18-10-8-16-41(45)43-31-36(22-27-47(43)50)35-21-26-46-42(30-35)40-15-7-9-17-44(40)49(46)37-11-3-2-4-12-37/h2-13,15-31H,1H3. The summed E-state index contributed by atoms with van der Waals surface area (Å²) in [7, 11) is 0. The second-order valence-corrected chi connectivity index (χ2v) is 14.3. The number of thioether (sulfide) groups is 1. The van der Waals surface area contributed by atoms with E-state index in [1.165, 1.54) is 82.0 Å². The molecule has 10 rings (SSSR count). The van der Waals surface area contributed by atoms with Gasteiger partial charge in [-0.15, -0.1) is 5.73 Å². The molecule has 240 valence electrons. The molecule has 0 N–H and O–H groups in total. The van der Waals surface area contributed by atoms with Crippen LogP contribution in [-0.4, -0.2) is 9.13 Å². The monoisotopic (exact) mass is 668 g/mol. The first-order valence-corrected chi connectivity index (χ1v) is 18.2.